The molecule has 0 amide bonds. The zero-order valence-corrected chi connectivity index (χ0v) is 11.0. The molecule has 19 heavy (non-hydrogen) atoms. The maximum absolute atomic E-state index is 12.3. The van der Waals surface area contributed by atoms with E-state index in [1.54, 1.807) is 6.08 Å². The first-order valence-corrected chi connectivity index (χ1v) is 6.54. The fourth-order valence-corrected chi connectivity index (χ4v) is 3.43. The number of rotatable bonds is 2. The minimum Gasteiger partial charge on any atom is -0.493 e. The van der Waals surface area contributed by atoms with Gasteiger partial charge in [-0.2, -0.15) is 0 Å². The first-order valence-electron chi connectivity index (χ1n) is 6.54. The van der Waals surface area contributed by atoms with Crippen molar-refractivity contribution in [2.24, 2.45) is 17.8 Å². The molecule has 0 spiro atoms. The van der Waals surface area contributed by atoms with Gasteiger partial charge in [-0.25, -0.2) is 0 Å². The SMILES string of the molecule is COC1=C[C@H]2C(=O)[C@@H](C1=O)[C@@H](c1ccccc1)[C@@H]2C. The van der Waals surface area contributed by atoms with Crippen LogP contribution < -0.4 is 0 Å². The predicted octanol–water partition coefficient (Wildman–Crippen LogP) is 2.33. The van der Waals surface area contributed by atoms with Crippen molar-refractivity contribution >= 4 is 11.6 Å². The number of carbonyl (C=O) groups is 2. The van der Waals surface area contributed by atoms with Crippen LogP contribution in [0.1, 0.15) is 18.4 Å². The summed E-state index contributed by atoms with van der Waals surface area (Å²) in [5.41, 5.74) is 1.06. The van der Waals surface area contributed by atoms with Crippen LogP contribution in [0.15, 0.2) is 42.2 Å². The molecule has 0 N–H and O–H groups in total. The molecule has 2 aliphatic rings. The highest BCUT2D eigenvalue weighted by atomic mass is 16.5. The van der Waals surface area contributed by atoms with Gasteiger partial charge < -0.3 is 4.74 Å². The molecule has 1 fully saturated rings. The van der Waals surface area contributed by atoms with Crippen molar-refractivity contribution in [3.8, 4) is 0 Å². The van der Waals surface area contributed by atoms with Gasteiger partial charge in [0.25, 0.3) is 0 Å². The molecule has 0 aliphatic heterocycles. The highest BCUT2D eigenvalue weighted by Crippen LogP contribution is 2.49. The van der Waals surface area contributed by atoms with Gasteiger partial charge in [-0.3, -0.25) is 9.59 Å². The number of fused-ring (bicyclic) bond motifs is 2. The van der Waals surface area contributed by atoms with Crippen molar-refractivity contribution in [2.45, 2.75) is 12.8 Å². The van der Waals surface area contributed by atoms with E-state index in [1.165, 1.54) is 7.11 Å². The summed E-state index contributed by atoms with van der Waals surface area (Å²) in [7, 11) is 1.49. The van der Waals surface area contributed by atoms with E-state index in [9.17, 15) is 9.59 Å². The Hall–Kier alpha value is -1.90. The van der Waals surface area contributed by atoms with Crippen LogP contribution in [0.25, 0.3) is 0 Å². The van der Waals surface area contributed by atoms with Gasteiger partial charge in [0.15, 0.2) is 11.5 Å². The third kappa shape index (κ3) is 1.65. The minimum absolute atomic E-state index is 0.0323. The molecule has 3 heteroatoms. The molecule has 1 aromatic rings. The van der Waals surface area contributed by atoms with Crippen molar-refractivity contribution in [2.75, 3.05) is 7.11 Å². The predicted molar refractivity (Wildman–Crippen MR) is 70.4 cm³/mol. The molecule has 0 heterocycles. The summed E-state index contributed by atoms with van der Waals surface area (Å²) in [6.07, 6.45) is 1.70. The monoisotopic (exact) mass is 256 g/mol. The third-order valence-electron chi connectivity index (χ3n) is 4.39. The summed E-state index contributed by atoms with van der Waals surface area (Å²) < 4.78 is 5.12. The van der Waals surface area contributed by atoms with Crippen LogP contribution in [-0.2, 0) is 14.3 Å². The summed E-state index contributed by atoms with van der Waals surface area (Å²) >= 11 is 0. The Morgan fingerprint density at radius 1 is 1.11 bits per heavy atom. The van der Waals surface area contributed by atoms with Gasteiger partial charge >= 0.3 is 0 Å². The molecule has 4 atom stereocenters. The minimum atomic E-state index is -0.567. The fourth-order valence-electron chi connectivity index (χ4n) is 3.43. The molecule has 98 valence electrons. The van der Waals surface area contributed by atoms with Crippen molar-refractivity contribution < 1.29 is 14.3 Å². The zero-order chi connectivity index (χ0) is 13.6. The summed E-state index contributed by atoms with van der Waals surface area (Å²) in [6.45, 7) is 2.04. The van der Waals surface area contributed by atoms with Crippen LogP contribution in [0, 0.1) is 17.8 Å². The van der Waals surface area contributed by atoms with E-state index in [0.29, 0.717) is 5.76 Å². The first-order chi connectivity index (χ1) is 9.15. The van der Waals surface area contributed by atoms with E-state index >= 15 is 0 Å². The Labute approximate surface area is 112 Å². The fraction of sp³-hybridized carbons (Fsp3) is 0.375. The number of allylic oxidation sites excluding steroid dienone is 2. The van der Waals surface area contributed by atoms with Gasteiger partial charge in [0.2, 0.25) is 5.78 Å². The molecule has 2 bridgehead atoms. The number of benzene rings is 1. The Morgan fingerprint density at radius 2 is 1.79 bits per heavy atom. The van der Waals surface area contributed by atoms with E-state index in [2.05, 4.69) is 0 Å². The summed E-state index contributed by atoms with van der Waals surface area (Å²) in [6, 6.07) is 9.83. The molecule has 0 saturated heterocycles. The molecule has 2 aliphatic carbocycles. The van der Waals surface area contributed by atoms with Crippen LogP contribution in [-0.4, -0.2) is 18.7 Å². The average Bonchev–Trinajstić information content (AvgIpc) is 2.60. The Morgan fingerprint density at radius 3 is 2.42 bits per heavy atom. The van der Waals surface area contributed by atoms with E-state index in [0.717, 1.165) is 5.56 Å². The van der Waals surface area contributed by atoms with Crippen LogP contribution in [0.3, 0.4) is 0 Å². The van der Waals surface area contributed by atoms with Crippen LogP contribution in [0.2, 0.25) is 0 Å². The number of ether oxygens (including phenoxy) is 1. The standard InChI is InChI=1S/C16H16O3/c1-9-11-8-12(19-2)16(18)14(15(11)17)13(9)10-6-4-3-5-7-10/h3-9,11,13-14H,1-2H3/t9-,11-,13-,14+/m1/s1. The van der Waals surface area contributed by atoms with Crippen molar-refractivity contribution in [3.63, 3.8) is 0 Å². The molecule has 1 aromatic carbocycles. The molecule has 1 saturated carbocycles. The number of ketones is 2. The molecular weight excluding hydrogens is 240 g/mol. The summed E-state index contributed by atoms with van der Waals surface area (Å²) in [4.78, 5) is 24.7. The lowest BCUT2D eigenvalue weighted by atomic mass is 9.82. The third-order valence-corrected chi connectivity index (χ3v) is 4.39. The zero-order valence-electron chi connectivity index (χ0n) is 11.0. The number of hydrogen-bond acceptors (Lipinski definition) is 3. The average molecular weight is 256 g/mol. The van der Waals surface area contributed by atoms with Gasteiger partial charge in [-0.15, -0.1) is 0 Å². The first kappa shape index (κ1) is 12.2. The van der Waals surface area contributed by atoms with Crippen molar-refractivity contribution in [1.82, 2.24) is 0 Å². The Balaban J connectivity index is 2.07. The van der Waals surface area contributed by atoms with Crippen LogP contribution >= 0.6 is 0 Å². The number of methoxy groups -OCH3 is 1. The van der Waals surface area contributed by atoms with Gasteiger partial charge in [-0.1, -0.05) is 37.3 Å². The molecule has 0 radical (unpaired) electrons. The van der Waals surface area contributed by atoms with E-state index in [-0.39, 0.29) is 29.3 Å². The van der Waals surface area contributed by atoms with Crippen molar-refractivity contribution in [1.29, 1.82) is 0 Å². The highest BCUT2D eigenvalue weighted by molar-refractivity contribution is 6.15. The molecule has 0 aromatic heterocycles. The second-order valence-electron chi connectivity index (χ2n) is 5.30. The molecule has 3 rings (SSSR count). The summed E-state index contributed by atoms with van der Waals surface area (Å²) in [5.74, 6) is -0.425. The van der Waals surface area contributed by atoms with Gasteiger partial charge in [0.05, 0.1) is 13.0 Å². The van der Waals surface area contributed by atoms with Crippen LogP contribution in [0.5, 0.6) is 0 Å². The van der Waals surface area contributed by atoms with Crippen molar-refractivity contribution in [3.05, 3.63) is 47.7 Å². The normalized spacial score (nSPS) is 33.3. The number of hydrogen-bond donors (Lipinski definition) is 0. The largest absolute Gasteiger partial charge is 0.493 e. The Bertz CT molecular complexity index is 559. The molecule has 3 nitrogen and oxygen atoms in total. The summed E-state index contributed by atoms with van der Waals surface area (Å²) in [5, 5.41) is 0. The van der Waals surface area contributed by atoms with Gasteiger partial charge in [0, 0.05) is 11.8 Å². The number of carbonyl (C=O) groups excluding carboxylic acids is 2. The molecular formula is C16H16O3. The van der Waals surface area contributed by atoms with Gasteiger partial charge in [-0.05, 0) is 17.6 Å². The number of Topliss-reactive ketones (excluding diaryl/α,β-unsaturated/α-hetero) is 2. The lowest BCUT2D eigenvalue weighted by molar-refractivity contribution is -0.133. The van der Waals surface area contributed by atoms with E-state index in [4.69, 9.17) is 4.74 Å². The van der Waals surface area contributed by atoms with E-state index < -0.39 is 5.92 Å². The lowest BCUT2D eigenvalue weighted by Crippen LogP contribution is -2.30. The highest BCUT2D eigenvalue weighted by Gasteiger charge is 2.54. The molecule has 0 unspecified atom stereocenters. The van der Waals surface area contributed by atoms with E-state index in [1.807, 2.05) is 37.3 Å². The Kier molecular flexibility index (Phi) is 2.77. The maximum atomic E-state index is 12.3. The second-order valence-corrected chi connectivity index (χ2v) is 5.30. The second kappa shape index (κ2) is 4.34. The van der Waals surface area contributed by atoms with Crippen LogP contribution in [0.4, 0.5) is 0 Å². The topological polar surface area (TPSA) is 43.4 Å². The quantitative estimate of drug-likeness (QED) is 0.763. The lowest BCUT2D eigenvalue weighted by Gasteiger charge is -2.20. The maximum Gasteiger partial charge on any atom is 0.208 e. The smallest absolute Gasteiger partial charge is 0.208 e. The van der Waals surface area contributed by atoms with Gasteiger partial charge in [0.1, 0.15) is 0 Å².